The number of nitrogens with zero attached hydrogens (tertiary/aromatic N) is 1. The van der Waals surface area contributed by atoms with Crippen molar-refractivity contribution in [2.45, 2.75) is 6.92 Å². The van der Waals surface area contributed by atoms with Gasteiger partial charge in [-0.25, -0.2) is 4.79 Å². The number of hydrogen-bond donors (Lipinski definition) is 3. The van der Waals surface area contributed by atoms with E-state index in [4.69, 9.17) is 9.84 Å². The molecule has 1 aliphatic rings. The number of benzene rings is 1. The van der Waals surface area contributed by atoms with Crippen LogP contribution in [0.1, 0.15) is 15.2 Å². The van der Waals surface area contributed by atoms with Gasteiger partial charge in [0.2, 0.25) is 0 Å². The predicted octanol–water partition coefficient (Wildman–Crippen LogP) is 2.18. The predicted molar refractivity (Wildman–Crippen MR) is 102 cm³/mol. The van der Waals surface area contributed by atoms with Gasteiger partial charge in [0.15, 0.2) is 6.61 Å². The maximum absolute atomic E-state index is 12.5. The lowest BCUT2D eigenvalue weighted by atomic mass is 10.2. The lowest BCUT2D eigenvalue weighted by Crippen LogP contribution is -2.43. The Bertz CT molecular complexity index is 799. The molecule has 26 heavy (non-hydrogen) atoms. The Morgan fingerprint density at radius 2 is 2.04 bits per heavy atom. The van der Waals surface area contributed by atoms with Gasteiger partial charge in [-0.05, 0) is 42.8 Å². The summed E-state index contributed by atoms with van der Waals surface area (Å²) in [6.07, 6.45) is 0. The molecule has 2 heterocycles. The van der Waals surface area contributed by atoms with Crippen LogP contribution < -0.4 is 20.3 Å². The van der Waals surface area contributed by atoms with E-state index in [-0.39, 0.29) is 5.91 Å². The first-order valence-electron chi connectivity index (χ1n) is 8.35. The molecule has 0 unspecified atom stereocenters. The van der Waals surface area contributed by atoms with Gasteiger partial charge in [0.05, 0.1) is 9.88 Å². The number of ether oxygens (including phenoxy) is 1. The number of nitrogens with one attached hydrogen (secondary N) is 2. The normalized spacial score (nSPS) is 14.1. The van der Waals surface area contributed by atoms with E-state index in [1.54, 1.807) is 18.2 Å². The summed E-state index contributed by atoms with van der Waals surface area (Å²) in [5.74, 6) is -0.725. The monoisotopic (exact) mass is 375 g/mol. The summed E-state index contributed by atoms with van der Waals surface area (Å²) >= 11 is 1.48. The Kier molecular flexibility index (Phi) is 5.75. The van der Waals surface area contributed by atoms with Gasteiger partial charge in [0, 0.05) is 31.9 Å². The Labute approximate surface area is 155 Å². The fraction of sp³-hybridized carbons (Fsp3) is 0.333. The summed E-state index contributed by atoms with van der Waals surface area (Å²) in [7, 11) is 0. The van der Waals surface area contributed by atoms with Crippen molar-refractivity contribution < 1.29 is 19.4 Å². The number of piperazine rings is 1. The third-order valence-corrected chi connectivity index (χ3v) is 5.20. The van der Waals surface area contributed by atoms with Crippen molar-refractivity contribution in [3.8, 4) is 5.75 Å². The van der Waals surface area contributed by atoms with Crippen molar-refractivity contribution >= 4 is 33.9 Å². The number of amides is 1. The number of aryl methyl sites for hydroxylation is 1. The Morgan fingerprint density at radius 3 is 2.73 bits per heavy atom. The van der Waals surface area contributed by atoms with E-state index in [1.165, 1.54) is 11.3 Å². The van der Waals surface area contributed by atoms with Crippen LogP contribution >= 0.6 is 11.3 Å². The standard InChI is InChI=1S/C18H21N3O4S/c1-12-10-13(25-11-17(22)23)2-3-14(12)20-18(24)15-4-5-16(26-15)21-8-6-19-7-9-21/h2-5,10,19H,6-9,11H2,1H3,(H,20,24)(H,22,23). The molecule has 0 aliphatic carbocycles. The number of anilines is 2. The summed E-state index contributed by atoms with van der Waals surface area (Å²) in [6, 6.07) is 8.90. The molecule has 1 fully saturated rings. The van der Waals surface area contributed by atoms with Gasteiger partial charge in [-0.2, -0.15) is 0 Å². The summed E-state index contributed by atoms with van der Waals surface area (Å²) in [4.78, 5) is 26.0. The van der Waals surface area contributed by atoms with Crippen LogP contribution in [0.4, 0.5) is 10.7 Å². The highest BCUT2D eigenvalue weighted by molar-refractivity contribution is 7.18. The van der Waals surface area contributed by atoms with E-state index in [9.17, 15) is 9.59 Å². The number of hydrogen-bond acceptors (Lipinski definition) is 6. The Hall–Kier alpha value is -2.58. The van der Waals surface area contributed by atoms with E-state index < -0.39 is 12.6 Å². The zero-order valence-electron chi connectivity index (χ0n) is 14.4. The van der Waals surface area contributed by atoms with Gasteiger partial charge in [-0.1, -0.05) is 0 Å². The first kappa shape index (κ1) is 18.2. The van der Waals surface area contributed by atoms with Crippen LogP contribution in [-0.2, 0) is 4.79 Å². The zero-order chi connectivity index (χ0) is 18.5. The van der Waals surface area contributed by atoms with E-state index in [0.717, 1.165) is 36.7 Å². The largest absolute Gasteiger partial charge is 0.482 e. The SMILES string of the molecule is Cc1cc(OCC(=O)O)ccc1NC(=O)c1ccc(N2CCNCC2)s1. The lowest BCUT2D eigenvalue weighted by Gasteiger charge is -2.27. The van der Waals surface area contributed by atoms with Crippen molar-refractivity contribution in [1.29, 1.82) is 0 Å². The first-order valence-corrected chi connectivity index (χ1v) is 9.16. The Morgan fingerprint density at radius 1 is 1.27 bits per heavy atom. The van der Waals surface area contributed by atoms with Crippen LogP contribution in [-0.4, -0.2) is 49.8 Å². The van der Waals surface area contributed by atoms with E-state index in [1.807, 2.05) is 19.1 Å². The molecule has 1 aromatic carbocycles. The highest BCUT2D eigenvalue weighted by Crippen LogP contribution is 2.28. The molecule has 1 saturated heterocycles. The van der Waals surface area contributed by atoms with Crippen LogP contribution in [0.2, 0.25) is 0 Å². The number of carbonyl (C=O) groups excluding carboxylic acids is 1. The molecule has 3 rings (SSSR count). The van der Waals surface area contributed by atoms with E-state index in [2.05, 4.69) is 15.5 Å². The molecule has 1 aliphatic heterocycles. The summed E-state index contributed by atoms with van der Waals surface area (Å²) < 4.78 is 5.14. The van der Waals surface area contributed by atoms with Gasteiger partial charge in [-0.3, -0.25) is 4.79 Å². The minimum Gasteiger partial charge on any atom is -0.482 e. The molecule has 138 valence electrons. The smallest absolute Gasteiger partial charge is 0.341 e. The average Bonchev–Trinajstić information content (AvgIpc) is 3.13. The molecule has 8 heteroatoms. The minimum atomic E-state index is -1.03. The molecular formula is C18H21N3O4S. The number of carboxylic acid groups (broad SMARTS) is 1. The third-order valence-electron chi connectivity index (χ3n) is 4.05. The van der Waals surface area contributed by atoms with Crippen LogP contribution in [0.15, 0.2) is 30.3 Å². The van der Waals surface area contributed by atoms with Gasteiger partial charge in [-0.15, -0.1) is 11.3 Å². The fourth-order valence-corrected chi connectivity index (χ4v) is 3.65. The number of aliphatic carboxylic acids is 1. The van der Waals surface area contributed by atoms with Gasteiger partial charge >= 0.3 is 5.97 Å². The number of rotatable bonds is 6. The summed E-state index contributed by atoms with van der Waals surface area (Å²) in [6.45, 7) is 5.24. The number of thiophene rings is 1. The van der Waals surface area contributed by atoms with Crippen molar-refractivity contribution in [3.05, 3.63) is 40.8 Å². The fourth-order valence-electron chi connectivity index (χ4n) is 2.70. The van der Waals surface area contributed by atoms with Crippen molar-refractivity contribution in [1.82, 2.24) is 5.32 Å². The molecule has 0 radical (unpaired) electrons. The number of carbonyl (C=O) groups is 2. The zero-order valence-corrected chi connectivity index (χ0v) is 15.3. The minimum absolute atomic E-state index is 0.154. The molecular weight excluding hydrogens is 354 g/mol. The van der Waals surface area contributed by atoms with Crippen LogP contribution in [0.25, 0.3) is 0 Å². The van der Waals surface area contributed by atoms with Crippen LogP contribution in [0.3, 0.4) is 0 Å². The first-order chi connectivity index (χ1) is 12.5. The molecule has 3 N–H and O–H groups in total. The molecule has 0 saturated carbocycles. The molecule has 0 atom stereocenters. The lowest BCUT2D eigenvalue weighted by molar-refractivity contribution is -0.139. The molecule has 0 spiro atoms. The van der Waals surface area contributed by atoms with Gasteiger partial charge in [0.1, 0.15) is 5.75 Å². The Balaban J connectivity index is 1.64. The maximum Gasteiger partial charge on any atom is 0.341 e. The molecule has 7 nitrogen and oxygen atoms in total. The topological polar surface area (TPSA) is 90.9 Å². The van der Waals surface area contributed by atoms with Crippen molar-refractivity contribution in [2.24, 2.45) is 0 Å². The second kappa shape index (κ2) is 8.20. The molecule has 0 bridgehead atoms. The van der Waals surface area contributed by atoms with E-state index in [0.29, 0.717) is 16.3 Å². The van der Waals surface area contributed by atoms with Gasteiger partial charge < -0.3 is 25.4 Å². The summed E-state index contributed by atoms with van der Waals surface area (Å²) in [5.41, 5.74) is 1.48. The van der Waals surface area contributed by atoms with Crippen molar-refractivity contribution in [2.75, 3.05) is 43.0 Å². The quantitative estimate of drug-likeness (QED) is 0.717. The number of carboxylic acids is 1. The van der Waals surface area contributed by atoms with Crippen LogP contribution in [0.5, 0.6) is 5.75 Å². The summed E-state index contributed by atoms with van der Waals surface area (Å²) in [5, 5.41) is 16.0. The molecule has 1 amide bonds. The van der Waals surface area contributed by atoms with Crippen LogP contribution in [0, 0.1) is 6.92 Å². The second-order valence-electron chi connectivity index (χ2n) is 5.99. The molecule has 2 aromatic rings. The molecule has 1 aromatic heterocycles. The highest BCUT2D eigenvalue weighted by Gasteiger charge is 2.16. The maximum atomic E-state index is 12.5. The van der Waals surface area contributed by atoms with Crippen molar-refractivity contribution in [3.63, 3.8) is 0 Å². The van der Waals surface area contributed by atoms with Gasteiger partial charge in [0.25, 0.3) is 5.91 Å². The average molecular weight is 375 g/mol. The highest BCUT2D eigenvalue weighted by atomic mass is 32.1. The second-order valence-corrected chi connectivity index (χ2v) is 7.05. The van der Waals surface area contributed by atoms with E-state index >= 15 is 0 Å². The third kappa shape index (κ3) is 4.53.